The van der Waals surface area contributed by atoms with Crippen molar-refractivity contribution in [2.24, 2.45) is 0 Å². The summed E-state index contributed by atoms with van der Waals surface area (Å²) in [7, 11) is 0. The molecule has 10 aromatic rings. The van der Waals surface area contributed by atoms with Crippen molar-refractivity contribution in [3.8, 4) is 56.0 Å². The van der Waals surface area contributed by atoms with E-state index in [0.29, 0.717) is 0 Å². The van der Waals surface area contributed by atoms with E-state index >= 15 is 0 Å². The van der Waals surface area contributed by atoms with Gasteiger partial charge in [-0.15, -0.1) is 0 Å². The van der Waals surface area contributed by atoms with Gasteiger partial charge < -0.3 is 4.74 Å². The SMILES string of the molecule is [2H]c1c([2H])c([2H])c(-c2c([2H])c(-c3c([2H])c([2H])c4c(c3[2H])-c3c([2H])c([2H])c([2H])c5c3c(c([2H])c3c([2H])c([2H])c([2H])c([2H])c35)O4)c([2H])c(-c3c([2H])c([2H])c4c([2H])c([2H])c5c([2H])c([2H])c([2H])c6c([2H])c([2H])c3c4c56)c2[2H])c([2H])c1[2H]. The van der Waals surface area contributed by atoms with Crippen molar-refractivity contribution < 1.29 is 43.1 Å². The van der Waals surface area contributed by atoms with Crippen molar-refractivity contribution in [2.45, 2.75) is 0 Å². The van der Waals surface area contributed by atoms with Gasteiger partial charge in [-0.2, -0.15) is 0 Å². The van der Waals surface area contributed by atoms with Crippen LogP contribution in [-0.4, -0.2) is 0 Å². The Kier molecular flexibility index (Phi) is 2.32. The zero-order valence-electron chi connectivity index (χ0n) is 52.4. The highest BCUT2D eigenvalue weighted by Crippen LogP contribution is 2.50. The smallest absolute Gasteiger partial charge is 0.136 e. The minimum atomic E-state index is -1.11. The van der Waals surface area contributed by atoms with Gasteiger partial charge in [-0.05, 0) is 124 Å². The summed E-state index contributed by atoms with van der Waals surface area (Å²) in [5.41, 5.74) is -6.49. The fourth-order valence-electron chi connectivity index (χ4n) is 6.20. The number of hydrogen-bond donors (Lipinski definition) is 0. The molecular formula is C48H28O. The van der Waals surface area contributed by atoms with Gasteiger partial charge >= 0.3 is 0 Å². The highest BCUT2D eigenvalue weighted by atomic mass is 16.5. The van der Waals surface area contributed by atoms with Gasteiger partial charge in [0.15, 0.2) is 0 Å². The topological polar surface area (TPSA) is 9.23 Å². The molecule has 0 spiro atoms. The predicted molar refractivity (Wildman–Crippen MR) is 207 cm³/mol. The molecule has 0 amide bonds. The molecule has 0 aromatic heterocycles. The van der Waals surface area contributed by atoms with Crippen molar-refractivity contribution in [3.63, 3.8) is 0 Å². The maximum Gasteiger partial charge on any atom is 0.136 e. The zero-order valence-corrected chi connectivity index (χ0v) is 24.4. The van der Waals surface area contributed by atoms with E-state index in [2.05, 4.69) is 0 Å². The Morgan fingerprint density at radius 2 is 0.980 bits per heavy atom. The van der Waals surface area contributed by atoms with Crippen LogP contribution >= 0.6 is 0 Å². The summed E-state index contributed by atoms with van der Waals surface area (Å²) in [4.78, 5) is 0. The largest absolute Gasteiger partial charge is 0.456 e. The number of fused-ring (bicyclic) bond motifs is 4. The normalized spacial score (nSPS) is 20.2. The Morgan fingerprint density at radius 3 is 1.86 bits per heavy atom. The van der Waals surface area contributed by atoms with Crippen LogP contribution < -0.4 is 4.74 Å². The van der Waals surface area contributed by atoms with Crippen LogP contribution in [0.25, 0.3) is 98.4 Å². The predicted octanol–water partition coefficient (Wildman–Crippen LogP) is 13.7. The van der Waals surface area contributed by atoms with Gasteiger partial charge in [0.1, 0.15) is 11.5 Å². The lowest BCUT2D eigenvalue weighted by Crippen LogP contribution is -1.98. The summed E-state index contributed by atoms with van der Waals surface area (Å²) >= 11 is 0. The summed E-state index contributed by atoms with van der Waals surface area (Å²) in [5.74, 6) is -1.32. The van der Waals surface area contributed by atoms with Crippen LogP contribution in [0.2, 0.25) is 0 Å². The Labute approximate surface area is 322 Å². The van der Waals surface area contributed by atoms with Crippen LogP contribution in [-0.2, 0) is 0 Å². The molecular weight excluding hydrogens is 593 g/mol. The van der Waals surface area contributed by atoms with Crippen LogP contribution in [0.3, 0.4) is 0 Å². The molecule has 0 bridgehead atoms. The second kappa shape index (κ2) is 10.0. The maximum absolute atomic E-state index is 10.0. The monoisotopic (exact) mass is 648 g/mol. The maximum atomic E-state index is 10.0. The van der Waals surface area contributed by atoms with E-state index in [0.717, 1.165) is 0 Å². The van der Waals surface area contributed by atoms with Gasteiger partial charge in [-0.1, -0.05) is 133 Å². The van der Waals surface area contributed by atoms with Gasteiger partial charge in [-0.25, -0.2) is 0 Å². The van der Waals surface area contributed by atoms with Gasteiger partial charge in [0.25, 0.3) is 0 Å². The average Bonchev–Trinajstić information content (AvgIpc) is 3.47. The lowest BCUT2D eigenvalue weighted by atomic mass is 9.87. The molecule has 1 heteroatoms. The summed E-state index contributed by atoms with van der Waals surface area (Å²) in [6.45, 7) is 0. The number of ether oxygens (including phenoxy) is 1. The highest BCUT2D eigenvalue weighted by Gasteiger charge is 2.22. The number of hydrogen-bond acceptors (Lipinski definition) is 1. The van der Waals surface area contributed by atoms with Crippen LogP contribution in [0.1, 0.15) is 38.4 Å². The number of benzene rings is 10. The minimum absolute atomic E-state index is 0.334. The Bertz CT molecular complexity index is 4510. The first kappa shape index (κ1) is 11.3. The first-order valence-corrected chi connectivity index (χ1v) is 14.7. The summed E-state index contributed by atoms with van der Waals surface area (Å²) in [6.07, 6.45) is 0. The molecule has 1 nitrogen and oxygen atoms in total. The van der Waals surface area contributed by atoms with Crippen LogP contribution in [0.4, 0.5) is 0 Å². The van der Waals surface area contributed by atoms with Crippen LogP contribution in [0.15, 0.2) is 169 Å². The van der Waals surface area contributed by atoms with Crippen molar-refractivity contribution in [1.82, 2.24) is 0 Å². The molecule has 1 heterocycles. The molecule has 0 saturated heterocycles. The second-order valence-electron chi connectivity index (χ2n) is 11.0. The third-order valence-corrected chi connectivity index (χ3v) is 8.32. The molecule has 226 valence electrons. The molecule has 0 radical (unpaired) electrons. The first-order chi connectivity index (χ1) is 36.0. The average molecular weight is 649 g/mol. The molecule has 0 atom stereocenters. The number of rotatable bonds is 3. The molecule has 0 N–H and O–H groups in total. The van der Waals surface area contributed by atoms with Gasteiger partial charge in [-0.3, -0.25) is 0 Å². The Hall–Kier alpha value is -6.44. The molecule has 1 aliphatic heterocycles. The van der Waals surface area contributed by atoms with Crippen LogP contribution in [0, 0.1) is 0 Å². The molecule has 49 heavy (non-hydrogen) atoms. The minimum Gasteiger partial charge on any atom is -0.456 e. The van der Waals surface area contributed by atoms with E-state index in [-0.39, 0.29) is 5.39 Å². The van der Waals surface area contributed by atoms with Crippen LogP contribution in [0.5, 0.6) is 11.5 Å². The van der Waals surface area contributed by atoms with Crippen molar-refractivity contribution in [3.05, 3.63) is 169 Å². The van der Waals surface area contributed by atoms with Gasteiger partial charge in [0.05, 0.1) is 38.4 Å². The molecule has 0 saturated carbocycles. The third-order valence-electron chi connectivity index (χ3n) is 8.32. The van der Waals surface area contributed by atoms with Crippen molar-refractivity contribution in [1.29, 1.82) is 0 Å². The quantitative estimate of drug-likeness (QED) is 0.173. The highest BCUT2D eigenvalue weighted by molar-refractivity contribution is 6.25. The summed E-state index contributed by atoms with van der Waals surface area (Å²) in [6, 6.07) is -24.9. The molecule has 1 aliphatic rings. The Morgan fingerprint density at radius 1 is 0.306 bits per heavy atom. The van der Waals surface area contributed by atoms with E-state index in [9.17, 15) is 16.4 Å². The third kappa shape index (κ3) is 3.94. The van der Waals surface area contributed by atoms with E-state index < -0.39 is 274 Å². The Balaban J connectivity index is 1.38. The van der Waals surface area contributed by atoms with E-state index in [1.165, 1.54) is 0 Å². The molecule has 0 fully saturated rings. The van der Waals surface area contributed by atoms with E-state index in [1.54, 1.807) is 0 Å². The molecule has 0 unspecified atom stereocenters. The lowest BCUT2D eigenvalue weighted by molar-refractivity contribution is 0.488. The van der Waals surface area contributed by atoms with E-state index in [4.69, 9.17) is 26.7 Å². The van der Waals surface area contributed by atoms with Crippen molar-refractivity contribution >= 4 is 53.9 Å². The van der Waals surface area contributed by atoms with Gasteiger partial charge in [0, 0.05) is 10.9 Å². The summed E-state index contributed by atoms with van der Waals surface area (Å²) in [5, 5.41) is -4.49. The second-order valence-corrected chi connectivity index (χ2v) is 11.0. The van der Waals surface area contributed by atoms with E-state index in [1.807, 2.05) is 0 Å². The zero-order chi connectivity index (χ0) is 56.4. The molecule has 0 aliphatic carbocycles. The molecule has 10 aromatic carbocycles. The first-order valence-electron chi connectivity index (χ1n) is 28.7. The van der Waals surface area contributed by atoms with Gasteiger partial charge in [0.2, 0.25) is 0 Å². The summed E-state index contributed by atoms with van der Waals surface area (Å²) < 4.78 is 261. The van der Waals surface area contributed by atoms with Crippen molar-refractivity contribution in [2.75, 3.05) is 0 Å². The fraction of sp³-hybridized carbons (Fsp3) is 0. The fourth-order valence-corrected chi connectivity index (χ4v) is 6.20. The molecule has 11 rings (SSSR count). The lowest BCUT2D eigenvalue weighted by Gasteiger charge is -2.23. The standard InChI is InChI=1S/C48H28O/c1-2-8-29(9-3-1)35-24-36(26-37(25-35)39-21-18-32-17-16-30-11-6-12-31-19-22-42(39)47(32)46(30)31)33-20-23-44-43(27-33)41-15-7-14-40-38-13-5-4-10-34(38)28-45(49-44)48(40)41/h1-28H/i1D,2D,3D,4D,5D,6D,7D,8D,9D,10D,11D,12D,13D,14D,15D,16D,17D,18D,19D,20D,21D,22D,23D,24D,25D,26D,27D,28D.